The molecule has 6 nitrogen and oxygen atoms in total. The van der Waals surface area contributed by atoms with Gasteiger partial charge in [-0.25, -0.2) is 4.99 Å². The quantitative estimate of drug-likeness (QED) is 0.571. The van der Waals surface area contributed by atoms with Gasteiger partial charge in [-0.15, -0.1) is 0 Å². The van der Waals surface area contributed by atoms with E-state index in [1.54, 1.807) is 0 Å². The summed E-state index contributed by atoms with van der Waals surface area (Å²) in [5, 5.41) is 11.4. The van der Waals surface area contributed by atoms with Crippen LogP contribution in [0, 0.1) is 0 Å². The fourth-order valence-corrected chi connectivity index (χ4v) is 3.67. The molecule has 1 aliphatic rings. The number of guanidine groups is 1. The molecule has 2 aromatic rings. The number of benzene rings is 1. The van der Waals surface area contributed by atoms with Crippen molar-refractivity contribution in [3.05, 3.63) is 53.9 Å². The number of hydrogen-bond donors (Lipinski definition) is 2. The third-order valence-electron chi connectivity index (χ3n) is 5.36. The highest BCUT2D eigenvalue weighted by Crippen LogP contribution is 2.14. The van der Waals surface area contributed by atoms with Gasteiger partial charge in [-0.2, -0.15) is 5.10 Å². The largest absolute Gasteiger partial charge is 0.357 e. The number of likely N-dealkylation sites (tertiary alicyclic amines) is 1. The normalized spacial score (nSPS) is 16.5. The molecule has 0 spiro atoms. The highest BCUT2D eigenvalue weighted by atomic mass is 15.3. The predicted molar refractivity (Wildman–Crippen MR) is 115 cm³/mol. The Hall–Kier alpha value is -2.34. The second-order valence-corrected chi connectivity index (χ2v) is 7.72. The SMILES string of the molecule is CCNC(=NCc1ccccc1Cn1cccn1)NC1CCN(C(C)C)CC1. The maximum atomic E-state index is 4.87. The minimum atomic E-state index is 0.493. The summed E-state index contributed by atoms with van der Waals surface area (Å²) in [4.78, 5) is 7.42. The first-order valence-electron chi connectivity index (χ1n) is 10.5. The van der Waals surface area contributed by atoms with E-state index in [9.17, 15) is 0 Å². The van der Waals surface area contributed by atoms with Crippen molar-refractivity contribution in [3.8, 4) is 0 Å². The standard InChI is InChI=1S/C22H34N6/c1-4-23-22(26-21-10-14-27(15-11-21)18(2)3)24-16-19-8-5-6-9-20(19)17-28-13-7-12-25-28/h5-9,12-13,18,21H,4,10-11,14-17H2,1-3H3,(H2,23,24,26). The molecule has 152 valence electrons. The Kier molecular flexibility index (Phi) is 7.48. The fraction of sp³-hybridized carbons (Fsp3) is 0.545. The number of rotatable bonds is 7. The van der Waals surface area contributed by atoms with E-state index in [4.69, 9.17) is 4.99 Å². The molecular weight excluding hydrogens is 348 g/mol. The molecule has 1 aliphatic heterocycles. The van der Waals surface area contributed by atoms with Gasteiger partial charge in [0.25, 0.3) is 0 Å². The number of nitrogens with zero attached hydrogens (tertiary/aromatic N) is 4. The van der Waals surface area contributed by atoms with Gasteiger partial charge >= 0.3 is 0 Å². The molecule has 0 unspecified atom stereocenters. The molecule has 2 heterocycles. The van der Waals surface area contributed by atoms with Gasteiger partial charge < -0.3 is 15.5 Å². The van der Waals surface area contributed by atoms with Crippen LogP contribution in [0.5, 0.6) is 0 Å². The molecule has 0 aliphatic carbocycles. The van der Waals surface area contributed by atoms with Crippen molar-refractivity contribution in [2.24, 2.45) is 4.99 Å². The van der Waals surface area contributed by atoms with Crippen LogP contribution in [0.4, 0.5) is 0 Å². The van der Waals surface area contributed by atoms with Crippen molar-refractivity contribution >= 4 is 5.96 Å². The van der Waals surface area contributed by atoms with Gasteiger partial charge in [-0.05, 0) is 50.8 Å². The van der Waals surface area contributed by atoms with Crippen LogP contribution in [0.1, 0.15) is 44.7 Å². The highest BCUT2D eigenvalue weighted by Gasteiger charge is 2.21. The highest BCUT2D eigenvalue weighted by molar-refractivity contribution is 5.80. The van der Waals surface area contributed by atoms with E-state index in [1.165, 1.54) is 24.0 Å². The lowest BCUT2D eigenvalue weighted by molar-refractivity contribution is 0.167. The van der Waals surface area contributed by atoms with Gasteiger partial charge in [-0.1, -0.05) is 24.3 Å². The zero-order chi connectivity index (χ0) is 19.8. The van der Waals surface area contributed by atoms with Gasteiger partial charge in [0.1, 0.15) is 0 Å². The predicted octanol–water partition coefficient (Wildman–Crippen LogP) is 2.86. The summed E-state index contributed by atoms with van der Waals surface area (Å²) in [7, 11) is 0. The van der Waals surface area contributed by atoms with Crippen LogP contribution in [0.2, 0.25) is 0 Å². The molecule has 28 heavy (non-hydrogen) atoms. The Bertz CT molecular complexity index is 729. The van der Waals surface area contributed by atoms with E-state index in [2.05, 4.69) is 65.7 Å². The van der Waals surface area contributed by atoms with E-state index in [0.29, 0.717) is 18.6 Å². The van der Waals surface area contributed by atoms with Crippen molar-refractivity contribution in [1.82, 2.24) is 25.3 Å². The summed E-state index contributed by atoms with van der Waals surface area (Å²) in [6, 6.07) is 11.6. The van der Waals surface area contributed by atoms with Crippen LogP contribution in [0.3, 0.4) is 0 Å². The number of aliphatic imine (C=N–C) groups is 1. The number of piperidine rings is 1. The molecule has 0 amide bonds. The number of nitrogens with one attached hydrogen (secondary N) is 2. The average Bonchev–Trinajstić information content (AvgIpc) is 3.21. The molecule has 1 fully saturated rings. The topological polar surface area (TPSA) is 57.5 Å². The number of aromatic nitrogens is 2. The van der Waals surface area contributed by atoms with E-state index in [-0.39, 0.29) is 0 Å². The first-order valence-corrected chi connectivity index (χ1v) is 10.5. The molecule has 3 rings (SSSR count). The lowest BCUT2D eigenvalue weighted by Crippen LogP contribution is -2.49. The second kappa shape index (κ2) is 10.3. The maximum absolute atomic E-state index is 4.87. The molecule has 0 radical (unpaired) electrons. The summed E-state index contributed by atoms with van der Waals surface area (Å²) < 4.78 is 1.95. The molecule has 0 atom stereocenters. The molecule has 1 aromatic heterocycles. The molecular formula is C22H34N6. The van der Waals surface area contributed by atoms with E-state index in [1.807, 2.05) is 23.1 Å². The van der Waals surface area contributed by atoms with Crippen molar-refractivity contribution in [2.45, 2.75) is 58.8 Å². The molecule has 0 bridgehead atoms. The zero-order valence-electron chi connectivity index (χ0n) is 17.4. The molecule has 1 saturated heterocycles. The van der Waals surface area contributed by atoms with Gasteiger partial charge in [-0.3, -0.25) is 4.68 Å². The lowest BCUT2D eigenvalue weighted by Gasteiger charge is -2.35. The van der Waals surface area contributed by atoms with Gasteiger partial charge in [0, 0.05) is 44.1 Å². The second-order valence-electron chi connectivity index (χ2n) is 7.72. The Morgan fingerprint density at radius 3 is 2.57 bits per heavy atom. The van der Waals surface area contributed by atoms with Crippen LogP contribution >= 0.6 is 0 Å². The molecule has 0 saturated carbocycles. The van der Waals surface area contributed by atoms with Crippen molar-refractivity contribution < 1.29 is 0 Å². The van der Waals surface area contributed by atoms with E-state index >= 15 is 0 Å². The lowest BCUT2D eigenvalue weighted by atomic mass is 10.0. The van der Waals surface area contributed by atoms with Crippen LogP contribution in [0.25, 0.3) is 0 Å². The minimum absolute atomic E-state index is 0.493. The van der Waals surface area contributed by atoms with Gasteiger partial charge in [0.15, 0.2) is 5.96 Å². The maximum Gasteiger partial charge on any atom is 0.191 e. The van der Waals surface area contributed by atoms with Gasteiger partial charge in [0.2, 0.25) is 0 Å². The van der Waals surface area contributed by atoms with Crippen LogP contribution in [0.15, 0.2) is 47.7 Å². The van der Waals surface area contributed by atoms with Crippen LogP contribution < -0.4 is 10.6 Å². The zero-order valence-corrected chi connectivity index (χ0v) is 17.4. The van der Waals surface area contributed by atoms with Crippen molar-refractivity contribution in [1.29, 1.82) is 0 Å². The Morgan fingerprint density at radius 2 is 1.93 bits per heavy atom. The smallest absolute Gasteiger partial charge is 0.191 e. The summed E-state index contributed by atoms with van der Waals surface area (Å²) in [5.74, 6) is 0.916. The Morgan fingerprint density at radius 1 is 1.18 bits per heavy atom. The van der Waals surface area contributed by atoms with Crippen LogP contribution in [-0.2, 0) is 13.1 Å². The third-order valence-corrected chi connectivity index (χ3v) is 5.36. The fourth-order valence-electron chi connectivity index (χ4n) is 3.67. The number of hydrogen-bond acceptors (Lipinski definition) is 3. The van der Waals surface area contributed by atoms with Gasteiger partial charge in [0.05, 0.1) is 13.1 Å². The first-order chi connectivity index (χ1) is 13.7. The average molecular weight is 383 g/mol. The first kappa shape index (κ1) is 20.4. The minimum Gasteiger partial charge on any atom is -0.357 e. The van der Waals surface area contributed by atoms with E-state index in [0.717, 1.165) is 32.1 Å². The molecule has 6 heteroatoms. The molecule has 2 N–H and O–H groups in total. The Balaban J connectivity index is 1.62. The van der Waals surface area contributed by atoms with Crippen molar-refractivity contribution in [3.63, 3.8) is 0 Å². The summed E-state index contributed by atoms with van der Waals surface area (Å²) >= 11 is 0. The summed E-state index contributed by atoms with van der Waals surface area (Å²) in [6.07, 6.45) is 6.14. The molecule has 1 aromatic carbocycles. The summed E-state index contributed by atoms with van der Waals surface area (Å²) in [5.41, 5.74) is 2.50. The third kappa shape index (κ3) is 5.83. The Labute approximate surface area is 169 Å². The van der Waals surface area contributed by atoms with E-state index < -0.39 is 0 Å². The monoisotopic (exact) mass is 382 g/mol. The summed E-state index contributed by atoms with van der Waals surface area (Å²) in [6.45, 7) is 11.3. The van der Waals surface area contributed by atoms with Crippen molar-refractivity contribution in [2.75, 3.05) is 19.6 Å². The van der Waals surface area contributed by atoms with Crippen LogP contribution in [-0.4, -0.2) is 52.4 Å².